The minimum atomic E-state index is -0.737. The second kappa shape index (κ2) is 10.6. The van der Waals surface area contributed by atoms with Crippen LogP contribution in [0.15, 0.2) is 18.2 Å². The summed E-state index contributed by atoms with van der Waals surface area (Å²) < 4.78 is 0. The van der Waals surface area contributed by atoms with Gasteiger partial charge in [0, 0.05) is 24.2 Å². The third kappa shape index (κ3) is 6.32. The van der Waals surface area contributed by atoms with Gasteiger partial charge in [0.2, 0.25) is 5.91 Å². The van der Waals surface area contributed by atoms with E-state index >= 15 is 0 Å². The lowest BCUT2D eigenvalue weighted by Crippen LogP contribution is -2.53. The van der Waals surface area contributed by atoms with Gasteiger partial charge in [0.05, 0.1) is 15.5 Å². The molecule has 1 aromatic rings. The number of nitrogens with one attached hydrogen (secondary N) is 2. The largest absolute Gasteiger partial charge is 0.352 e. The maximum Gasteiger partial charge on any atom is 0.270 e. The quantitative estimate of drug-likeness (QED) is 0.470. The van der Waals surface area contributed by atoms with Crippen LogP contribution in [0.25, 0.3) is 0 Å². The molecule has 2 amide bonds. The number of nitrogens with zero attached hydrogens (tertiary/aromatic N) is 1. The molecule has 1 aromatic carbocycles. The van der Waals surface area contributed by atoms with Crippen LogP contribution in [-0.2, 0) is 4.79 Å². The van der Waals surface area contributed by atoms with Gasteiger partial charge in [-0.2, -0.15) is 0 Å². The van der Waals surface area contributed by atoms with E-state index in [1.54, 1.807) is 0 Å². The molecule has 1 aliphatic rings. The molecule has 156 valence electrons. The molecule has 0 saturated heterocycles. The molecule has 28 heavy (non-hydrogen) atoms. The van der Waals surface area contributed by atoms with Crippen molar-refractivity contribution in [2.75, 3.05) is 0 Å². The molecule has 0 radical (unpaired) electrons. The Balaban J connectivity index is 0.00000392. The zero-order chi connectivity index (χ0) is 20.1. The van der Waals surface area contributed by atoms with Crippen LogP contribution < -0.4 is 16.4 Å². The maximum absolute atomic E-state index is 12.7. The number of halogens is 2. The van der Waals surface area contributed by atoms with E-state index in [1.165, 1.54) is 12.1 Å². The highest BCUT2D eigenvalue weighted by Crippen LogP contribution is 2.23. The van der Waals surface area contributed by atoms with E-state index in [0.29, 0.717) is 0 Å². The number of carbonyl (C=O) groups excluding carboxylic acids is 2. The minimum absolute atomic E-state index is 0. The Labute approximate surface area is 175 Å². The molecule has 1 fully saturated rings. The number of nitro groups is 1. The first-order chi connectivity index (χ1) is 12.7. The van der Waals surface area contributed by atoms with E-state index in [2.05, 4.69) is 10.6 Å². The number of nitrogens with two attached hydrogens (primary N) is 1. The van der Waals surface area contributed by atoms with Crippen LogP contribution in [0.1, 0.15) is 49.9 Å². The van der Waals surface area contributed by atoms with Crippen molar-refractivity contribution in [1.29, 1.82) is 0 Å². The number of hydrogen-bond donors (Lipinski definition) is 3. The Morgan fingerprint density at radius 1 is 1.25 bits per heavy atom. The molecule has 10 heteroatoms. The molecule has 1 unspecified atom stereocenters. The molecule has 0 aliphatic heterocycles. The Bertz CT molecular complexity index is 722. The molecule has 0 aromatic heterocycles. The first kappa shape index (κ1) is 24.1. The van der Waals surface area contributed by atoms with Crippen molar-refractivity contribution >= 4 is 41.5 Å². The minimum Gasteiger partial charge on any atom is -0.352 e. The second-order valence-electron chi connectivity index (χ2n) is 7.24. The summed E-state index contributed by atoms with van der Waals surface area (Å²) in [5.41, 5.74) is 5.77. The molecular weight excluding hydrogens is 407 g/mol. The van der Waals surface area contributed by atoms with Gasteiger partial charge in [-0.3, -0.25) is 19.7 Å². The van der Waals surface area contributed by atoms with Gasteiger partial charge in [-0.15, -0.1) is 12.4 Å². The Morgan fingerprint density at radius 2 is 1.86 bits per heavy atom. The van der Waals surface area contributed by atoms with Crippen LogP contribution in [0.3, 0.4) is 0 Å². The van der Waals surface area contributed by atoms with E-state index in [-0.39, 0.29) is 52.6 Å². The van der Waals surface area contributed by atoms with Crippen molar-refractivity contribution in [3.05, 3.63) is 38.9 Å². The fourth-order valence-electron chi connectivity index (χ4n) is 3.11. The second-order valence-corrected chi connectivity index (χ2v) is 7.64. The van der Waals surface area contributed by atoms with Crippen LogP contribution in [0.5, 0.6) is 0 Å². The smallest absolute Gasteiger partial charge is 0.270 e. The SMILES string of the molecule is CC(C)C(NC(=O)c1ccc([N+](=O)[O-])cc1Cl)C(=O)NC1CCC(N)CC1.Cl. The summed E-state index contributed by atoms with van der Waals surface area (Å²) in [4.78, 5) is 35.4. The van der Waals surface area contributed by atoms with Gasteiger partial charge < -0.3 is 16.4 Å². The predicted octanol–water partition coefficient (Wildman–Crippen LogP) is 2.81. The zero-order valence-corrected chi connectivity index (χ0v) is 17.4. The summed E-state index contributed by atoms with van der Waals surface area (Å²) in [6.07, 6.45) is 3.36. The number of rotatable bonds is 6. The van der Waals surface area contributed by atoms with Crippen LogP contribution in [0.2, 0.25) is 5.02 Å². The Hall–Kier alpha value is -1.90. The average Bonchev–Trinajstić information content (AvgIpc) is 2.60. The average molecular weight is 433 g/mol. The third-order valence-electron chi connectivity index (χ3n) is 4.76. The van der Waals surface area contributed by atoms with Gasteiger partial charge in [0.15, 0.2) is 0 Å². The lowest BCUT2D eigenvalue weighted by Gasteiger charge is -2.29. The molecule has 4 N–H and O–H groups in total. The van der Waals surface area contributed by atoms with Gasteiger partial charge in [0.25, 0.3) is 11.6 Å². The molecule has 0 heterocycles. The normalized spacial score (nSPS) is 20.0. The van der Waals surface area contributed by atoms with Crippen LogP contribution in [0.4, 0.5) is 5.69 Å². The molecule has 0 bridgehead atoms. The van der Waals surface area contributed by atoms with Crippen molar-refractivity contribution in [2.24, 2.45) is 11.7 Å². The molecular formula is C18H26Cl2N4O4. The van der Waals surface area contributed by atoms with Crippen molar-refractivity contribution in [2.45, 2.75) is 57.7 Å². The molecule has 8 nitrogen and oxygen atoms in total. The van der Waals surface area contributed by atoms with E-state index in [9.17, 15) is 19.7 Å². The molecule has 2 rings (SSSR count). The number of hydrogen-bond acceptors (Lipinski definition) is 5. The topological polar surface area (TPSA) is 127 Å². The maximum atomic E-state index is 12.7. The lowest BCUT2D eigenvalue weighted by molar-refractivity contribution is -0.384. The number of carbonyl (C=O) groups is 2. The molecule has 1 atom stereocenters. The van der Waals surface area contributed by atoms with Crippen molar-refractivity contribution in [3.63, 3.8) is 0 Å². The summed E-state index contributed by atoms with van der Waals surface area (Å²) >= 11 is 6.00. The van der Waals surface area contributed by atoms with E-state index < -0.39 is 16.9 Å². The Kier molecular flexibility index (Phi) is 9.13. The van der Waals surface area contributed by atoms with Crippen LogP contribution in [0, 0.1) is 16.0 Å². The highest BCUT2D eigenvalue weighted by atomic mass is 35.5. The fourth-order valence-corrected chi connectivity index (χ4v) is 3.37. The Morgan fingerprint density at radius 3 is 2.36 bits per heavy atom. The van der Waals surface area contributed by atoms with E-state index in [4.69, 9.17) is 17.3 Å². The van der Waals surface area contributed by atoms with Crippen molar-refractivity contribution in [3.8, 4) is 0 Å². The third-order valence-corrected chi connectivity index (χ3v) is 5.07. The standard InChI is InChI=1S/C18H25ClN4O4.ClH/c1-10(2)16(18(25)21-12-5-3-11(20)4-6-12)22-17(24)14-8-7-13(23(26)27)9-15(14)19;/h7-12,16H,3-6,20H2,1-2H3,(H,21,25)(H,22,24);1H. The summed E-state index contributed by atoms with van der Waals surface area (Å²) in [5.74, 6) is -0.942. The van der Waals surface area contributed by atoms with E-state index in [1.807, 2.05) is 13.8 Å². The first-order valence-electron chi connectivity index (χ1n) is 8.99. The molecule has 1 saturated carbocycles. The summed E-state index contributed by atoms with van der Waals surface area (Å²) in [6.45, 7) is 3.66. The van der Waals surface area contributed by atoms with Gasteiger partial charge in [-0.25, -0.2) is 0 Å². The van der Waals surface area contributed by atoms with Gasteiger partial charge in [-0.05, 0) is 37.7 Å². The summed E-state index contributed by atoms with van der Waals surface area (Å²) in [6, 6.07) is 3.11. The van der Waals surface area contributed by atoms with Gasteiger partial charge >= 0.3 is 0 Å². The monoisotopic (exact) mass is 432 g/mol. The fraction of sp³-hybridized carbons (Fsp3) is 0.556. The lowest BCUT2D eigenvalue weighted by atomic mass is 9.91. The molecule has 1 aliphatic carbocycles. The number of non-ortho nitro benzene ring substituents is 1. The van der Waals surface area contributed by atoms with Crippen LogP contribution in [-0.4, -0.2) is 34.9 Å². The number of amides is 2. The number of benzene rings is 1. The van der Waals surface area contributed by atoms with Gasteiger partial charge in [0.1, 0.15) is 6.04 Å². The van der Waals surface area contributed by atoms with Crippen molar-refractivity contribution in [1.82, 2.24) is 10.6 Å². The van der Waals surface area contributed by atoms with Crippen molar-refractivity contribution < 1.29 is 14.5 Å². The number of nitro benzene ring substituents is 1. The first-order valence-corrected chi connectivity index (χ1v) is 9.37. The zero-order valence-electron chi connectivity index (χ0n) is 15.8. The van der Waals surface area contributed by atoms with Gasteiger partial charge in [-0.1, -0.05) is 25.4 Å². The highest BCUT2D eigenvalue weighted by molar-refractivity contribution is 6.34. The predicted molar refractivity (Wildman–Crippen MR) is 110 cm³/mol. The summed E-state index contributed by atoms with van der Waals surface area (Å²) in [7, 11) is 0. The van der Waals surface area contributed by atoms with Crippen LogP contribution >= 0.6 is 24.0 Å². The van der Waals surface area contributed by atoms with E-state index in [0.717, 1.165) is 31.7 Å². The molecule has 0 spiro atoms. The summed E-state index contributed by atoms with van der Waals surface area (Å²) in [5, 5.41) is 16.4. The highest BCUT2D eigenvalue weighted by Gasteiger charge is 2.28.